The Balaban J connectivity index is 0.000000343. The van der Waals surface area contributed by atoms with E-state index in [0.29, 0.717) is 17.2 Å². The lowest BCUT2D eigenvalue weighted by molar-refractivity contribution is -0.120. The molecule has 0 spiro atoms. The van der Waals surface area contributed by atoms with E-state index in [1.165, 1.54) is 11.1 Å². The van der Waals surface area contributed by atoms with Crippen LogP contribution in [0.1, 0.15) is 69.4 Å². The Kier molecular flexibility index (Phi) is 9.53. The number of azide groups is 2. The van der Waals surface area contributed by atoms with Gasteiger partial charge in [-0.3, -0.25) is 4.79 Å². The van der Waals surface area contributed by atoms with Crippen molar-refractivity contribution in [2.45, 2.75) is 58.3 Å². The summed E-state index contributed by atoms with van der Waals surface area (Å²) in [6, 6.07) is 15.2. The molecule has 2 fully saturated rings. The van der Waals surface area contributed by atoms with Crippen LogP contribution in [0.3, 0.4) is 0 Å². The molecule has 2 aliphatic rings. The van der Waals surface area contributed by atoms with E-state index in [0.717, 1.165) is 68.4 Å². The molecule has 7 nitrogen and oxygen atoms in total. The molecule has 0 radical (unpaired) electrons. The minimum Gasteiger partial charge on any atom is -0.300 e. The molecular weight excluding hydrogens is 424 g/mol. The highest BCUT2D eigenvalue weighted by molar-refractivity contribution is 5.78. The zero-order valence-corrected chi connectivity index (χ0v) is 19.6. The van der Waals surface area contributed by atoms with Crippen molar-refractivity contribution < 1.29 is 4.79 Å². The summed E-state index contributed by atoms with van der Waals surface area (Å²) in [5.41, 5.74) is 23.2. The standard InChI is InChI=1S/C20H18N6.C7H12O/c21-25-23-19-8-4-15(5-9-19)12-17-2-1-3-18(14-17)13-16-6-10-20(11-7-16)24-26-22;1-6-2-4-7(8)5-3-6/h4-13H,1-3,14H2;6H,2-5H2,1H3. The van der Waals surface area contributed by atoms with Crippen molar-refractivity contribution in [2.24, 2.45) is 16.1 Å². The van der Waals surface area contributed by atoms with Crippen LogP contribution in [0.5, 0.6) is 0 Å². The minimum absolute atomic E-state index is 0.461. The fourth-order valence-electron chi connectivity index (χ4n) is 4.19. The van der Waals surface area contributed by atoms with Crippen molar-refractivity contribution in [3.8, 4) is 0 Å². The normalized spacial score (nSPS) is 18.4. The molecule has 0 amide bonds. The van der Waals surface area contributed by atoms with Crippen LogP contribution in [0.15, 0.2) is 69.9 Å². The second kappa shape index (κ2) is 13.0. The van der Waals surface area contributed by atoms with Gasteiger partial charge in [0.05, 0.1) is 0 Å². The zero-order chi connectivity index (χ0) is 24.2. The zero-order valence-electron chi connectivity index (χ0n) is 19.6. The number of rotatable bonds is 4. The summed E-state index contributed by atoms with van der Waals surface area (Å²) in [5, 5.41) is 7.19. The summed E-state index contributed by atoms with van der Waals surface area (Å²) in [7, 11) is 0. The molecule has 0 N–H and O–H groups in total. The number of allylic oxidation sites excluding steroid dienone is 2. The molecule has 2 aromatic rings. The molecule has 7 heteroatoms. The molecule has 4 rings (SSSR count). The number of Topliss-reactive ketones (excluding diaryl/α,β-unsaturated/α-hetero) is 1. The topological polar surface area (TPSA) is 115 Å². The van der Waals surface area contributed by atoms with Gasteiger partial charge in [-0.05, 0) is 66.6 Å². The molecule has 2 aliphatic carbocycles. The molecule has 0 atom stereocenters. The van der Waals surface area contributed by atoms with E-state index in [2.05, 4.69) is 39.1 Å². The number of hydrogen-bond acceptors (Lipinski definition) is 3. The highest BCUT2D eigenvalue weighted by Crippen LogP contribution is 2.31. The predicted molar refractivity (Wildman–Crippen MR) is 138 cm³/mol. The number of ketones is 1. The molecule has 0 unspecified atom stereocenters. The van der Waals surface area contributed by atoms with E-state index >= 15 is 0 Å². The maximum absolute atomic E-state index is 10.6. The first-order chi connectivity index (χ1) is 16.6. The number of benzene rings is 2. The van der Waals surface area contributed by atoms with Crippen LogP contribution in [0, 0.1) is 5.92 Å². The van der Waals surface area contributed by atoms with Gasteiger partial charge in [-0.25, -0.2) is 0 Å². The molecule has 0 aromatic heterocycles. The van der Waals surface area contributed by atoms with Crippen LogP contribution in [-0.4, -0.2) is 5.78 Å². The molecule has 2 saturated carbocycles. The number of carbonyl (C=O) groups is 1. The summed E-state index contributed by atoms with van der Waals surface area (Å²) in [4.78, 5) is 16.2. The largest absolute Gasteiger partial charge is 0.300 e. The lowest BCUT2D eigenvalue weighted by Gasteiger charge is -2.18. The Bertz CT molecular complexity index is 1050. The molecule has 2 aromatic carbocycles. The summed E-state index contributed by atoms with van der Waals surface area (Å²) in [5.74, 6) is 1.26. The van der Waals surface area contributed by atoms with Crippen LogP contribution >= 0.6 is 0 Å². The van der Waals surface area contributed by atoms with Crippen molar-refractivity contribution in [3.05, 3.63) is 91.7 Å². The molecule has 0 saturated heterocycles. The summed E-state index contributed by atoms with van der Waals surface area (Å²) in [6.45, 7) is 2.21. The van der Waals surface area contributed by atoms with Gasteiger partial charge in [0.25, 0.3) is 0 Å². The first kappa shape index (κ1) is 24.8. The number of nitrogens with zero attached hydrogens (tertiary/aromatic N) is 6. The maximum Gasteiger partial charge on any atom is 0.132 e. The molecule has 0 aliphatic heterocycles. The molecule has 174 valence electrons. The Morgan fingerprint density at radius 1 is 0.765 bits per heavy atom. The quantitative estimate of drug-likeness (QED) is 0.255. The lowest BCUT2D eigenvalue weighted by Crippen LogP contribution is -2.10. The smallest absolute Gasteiger partial charge is 0.132 e. The minimum atomic E-state index is 0.461. The first-order valence-electron chi connectivity index (χ1n) is 11.8. The highest BCUT2D eigenvalue weighted by atomic mass is 16.1. The fourth-order valence-corrected chi connectivity index (χ4v) is 4.19. The van der Waals surface area contributed by atoms with Gasteiger partial charge in [-0.15, -0.1) is 0 Å². The van der Waals surface area contributed by atoms with Gasteiger partial charge < -0.3 is 0 Å². The summed E-state index contributed by atoms with van der Waals surface area (Å²) >= 11 is 0. The Morgan fingerprint density at radius 3 is 1.59 bits per heavy atom. The van der Waals surface area contributed by atoms with Crippen molar-refractivity contribution in [2.75, 3.05) is 0 Å². The van der Waals surface area contributed by atoms with Gasteiger partial charge in [0.1, 0.15) is 5.78 Å². The molecule has 0 heterocycles. The van der Waals surface area contributed by atoms with E-state index in [1.807, 2.05) is 48.5 Å². The van der Waals surface area contributed by atoms with Crippen LogP contribution in [0.2, 0.25) is 0 Å². The van der Waals surface area contributed by atoms with Gasteiger partial charge in [0, 0.05) is 34.0 Å². The number of hydrogen-bond donors (Lipinski definition) is 0. The van der Waals surface area contributed by atoms with Gasteiger partial charge >= 0.3 is 0 Å². The summed E-state index contributed by atoms with van der Waals surface area (Å²) < 4.78 is 0. The summed E-state index contributed by atoms with van der Waals surface area (Å²) in [6.07, 6.45) is 12.7. The van der Waals surface area contributed by atoms with Crippen LogP contribution in [0.25, 0.3) is 33.0 Å². The third kappa shape index (κ3) is 8.28. The van der Waals surface area contributed by atoms with Gasteiger partial charge in [-0.1, -0.05) is 89.0 Å². The number of carbonyl (C=O) groups excluding carboxylic acids is 1. The third-order valence-electron chi connectivity index (χ3n) is 6.13. The van der Waals surface area contributed by atoms with Crippen LogP contribution in [0.4, 0.5) is 11.4 Å². The van der Waals surface area contributed by atoms with E-state index in [-0.39, 0.29) is 0 Å². The monoisotopic (exact) mass is 454 g/mol. The maximum atomic E-state index is 10.6. The molecule has 0 bridgehead atoms. The SMILES string of the molecule is CC1CCC(=O)CC1.[N-]=[N+]=Nc1ccc(C=C2CCCC(=Cc3ccc(N=[N+]=[N-])cc3)C2)cc1. The van der Waals surface area contributed by atoms with Crippen LogP contribution in [-0.2, 0) is 4.79 Å². The Labute approximate surface area is 200 Å². The molecule has 34 heavy (non-hydrogen) atoms. The van der Waals surface area contributed by atoms with Crippen molar-refractivity contribution in [1.29, 1.82) is 0 Å². The van der Waals surface area contributed by atoms with Crippen molar-refractivity contribution in [1.82, 2.24) is 0 Å². The van der Waals surface area contributed by atoms with E-state index in [4.69, 9.17) is 11.1 Å². The Hall–Kier alpha value is -3.79. The first-order valence-corrected chi connectivity index (χ1v) is 11.8. The average molecular weight is 455 g/mol. The molecular formula is C27H30N6O. The van der Waals surface area contributed by atoms with E-state index in [9.17, 15) is 4.79 Å². The van der Waals surface area contributed by atoms with Gasteiger partial charge in [0.2, 0.25) is 0 Å². The highest BCUT2D eigenvalue weighted by Gasteiger charge is 2.13. The second-order valence-electron chi connectivity index (χ2n) is 8.92. The van der Waals surface area contributed by atoms with Crippen molar-refractivity contribution in [3.63, 3.8) is 0 Å². The Morgan fingerprint density at radius 2 is 1.21 bits per heavy atom. The van der Waals surface area contributed by atoms with E-state index < -0.39 is 0 Å². The van der Waals surface area contributed by atoms with Gasteiger partial charge in [-0.2, -0.15) is 0 Å². The fraction of sp³-hybridized carbons (Fsp3) is 0.370. The third-order valence-corrected chi connectivity index (χ3v) is 6.13. The second-order valence-corrected chi connectivity index (χ2v) is 8.92. The average Bonchev–Trinajstić information content (AvgIpc) is 2.85. The lowest BCUT2D eigenvalue weighted by atomic mass is 9.88. The van der Waals surface area contributed by atoms with Crippen LogP contribution < -0.4 is 0 Å². The van der Waals surface area contributed by atoms with E-state index in [1.54, 1.807) is 0 Å². The van der Waals surface area contributed by atoms with Crippen molar-refractivity contribution >= 4 is 29.3 Å². The van der Waals surface area contributed by atoms with Gasteiger partial charge in [0.15, 0.2) is 0 Å². The predicted octanol–water partition coefficient (Wildman–Crippen LogP) is 9.38.